The van der Waals surface area contributed by atoms with Crippen LogP contribution in [0, 0.1) is 0 Å². The molecule has 6 nitrogen and oxygen atoms in total. The smallest absolute Gasteiger partial charge is 0.312 e. The highest BCUT2D eigenvalue weighted by Crippen LogP contribution is 2.04. The van der Waals surface area contributed by atoms with Gasteiger partial charge >= 0.3 is 11.8 Å². The van der Waals surface area contributed by atoms with E-state index >= 15 is 0 Å². The zero-order valence-electron chi connectivity index (χ0n) is 10.2. The highest BCUT2D eigenvalue weighted by atomic mass is 16.5. The number of hydrogen-bond donors (Lipinski definition) is 0. The fraction of sp³-hybridized carbons (Fsp3) is 0.818. The van der Waals surface area contributed by atoms with E-state index in [-0.39, 0.29) is 5.91 Å². The number of piperazine rings is 1. The Morgan fingerprint density at radius 1 is 1.00 bits per heavy atom. The largest absolute Gasteiger partial charge is 0.379 e. The molecule has 2 aliphatic heterocycles. The molecule has 0 aromatic rings. The summed E-state index contributed by atoms with van der Waals surface area (Å²) in [5.41, 5.74) is 0. The van der Waals surface area contributed by atoms with Crippen LogP contribution in [0.4, 0.5) is 0 Å². The van der Waals surface area contributed by atoms with E-state index in [1.54, 1.807) is 11.9 Å². The molecule has 0 N–H and O–H groups in total. The molecule has 6 heteroatoms. The number of ether oxygens (including phenoxy) is 1. The quantitative estimate of drug-likeness (QED) is 0.571. The van der Waals surface area contributed by atoms with E-state index in [0.29, 0.717) is 19.6 Å². The number of likely N-dealkylation sites (N-methyl/N-ethyl adjacent to an activating group) is 1. The van der Waals surface area contributed by atoms with Crippen LogP contribution in [0.15, 0.2) is 0 Å². The molecule has 2 saturated heterocycles. The Labute approximate surface area is 101 Å². The average molecular weight is 241 g/mol. The van der Waals surface area contributed by atoms with E-state index in [1.165, 1.54) is 4.90 Å². The molecule has 0 bridgehead atoms. The molecule has 0 aliphatic carbocycles. The molecule has 2 fully saturated rings. The van der Waals surface area contributed by atoms with Gasteiger partial charge in [-0.2, -0.15) is 0 Å². The summed E-state index contributed by atoms with van der Waals surface area (Å²) in [7, 11) is 1.67. The monoisotopic (exact) mass is 241 g/mol. The van der Waals surface area contributed by atoms with Crippen LogP contribution >= 0.6 is 0 Å². The predicted molar refractivity (Wildman–Crippen MR) is 61.5 cm³/mol. The van der Waals surface area contributed by atoms with Gasteiger partial charge in [-0.1, -0.05) is 0 Å². The topological polar surface area (TPSA) is 53.1 Å². The van der Waals surface area contributed by atoms with Crippen molar-refractivity contribution in [1.29, 1.82) is 0 Å². The second-order valence-electron chi connectivity index (χ2n) is 4.47. The summed E-state index contributed by atoms with van der Waals surface area (Å²) < 4.78 is 5.26. The lowest BCUT2D eigenvalue weighted by atomic mass is 10.3. The Kier molecular flexibility index (Phi) is 3.96. The minimum atomic E-state index is -0.391. The molecule has 2 amide bonds. The van der Waals surface area contributed by atoms with Crippen LogP contribution in [0.1, 0.15) is 0 Å². The molecule has 0 spiro atoms. The lowest BCUT2D eigenvalue weighted by molar-refractivity contribution is -0.155. The minimum Gasteiger partial charge on any atom is -0.379 e. The fourth-order valence-corrected chi connectivity index (χ4v) is 2.07. The van der Waals surface area contributed by atoms with E-state index in [0.717, 1.165) is 32.8 Å². The van der Waals surface area contributed by atoms with Crippen molar-refractivity contribution in [3.63, 3.8) is 0 Å². The Bertz CT molecular complexity index is 302. The number of hydrogen-bond acceptors (Lipinski definition) is 4. The number of morpholine rings is 1. The lowest BCUT2D eigenvalue weighted by Gasteiger charge is -2.34. The molecule has 0 aromatic heterocycles. The standard InChI is InChI=1S/C11H19N3O3/c1-12-2-4-14(11(16)10(12)15)5-3-13-6-8-17-9-7-13/h2-9H2,1H3. The van der Waals surface area contributed by atoms with Gasteiger partial charge in [-0.05, 0) is 0 Å². The summed E-state index contributed by atoms with van der Waals surface area (Å²) in [6, 6.07) is 0. The maximum Gasteiger partial charge on any atom is 0.312 e. The molecule has 2 aliphatic rings. The molecule has 2 heterocycles. The van der Waals surface area contributed by atoms with Crippen LogP contribution in [-0.2, 0) is 14.3 Å². The molecule has 96 valence electrons. The van der Waals surface area contributed by atoms with Gasteiger partial charge in [0, 0.05) is 46.3 Å². The van der Waals surface area contributed by atoms with Crippen LogP contribution < -0.4 is 0 Å². The maximum atomic E-state index is 11.7. The third kappa shape index (κ3) is 2.95. The van der Waals surface area contributed by atoms with Crippen molar-refractivity contribution in [1.82, 2.24) is 14.7 Å². The molecule has 0 saturated carbocycles. The molecular formula is C11H19N3O3. The Morgan fingerprint density at radius 3 is 2.41 bits per heavy atom. The third-order valence-corrected chi connectivity index (χ3v) is 3.31. The second kappa shape index (κ2) is 5.46. The van der Waals surface area contributed by atoms with Crippen molar-refractivity contribution in [2.75, 3.05) is 59.5 Å². The van der Waals surface area contributed by atoms with Crippen molar-refractivity contribution < 1.29 is 14.3 Å². The summed E-state index contributed by atoms with van der Waals surface area (Å²) >= 11 is 0. The van der Waals surface area contributed by atoms with Crippen LogP contribution in [0.3, 0.4) is 0 Å². The molecular weight excluding hydrogens is 222 g/mol. The zero-order valence-corrected chi connectivity index (χ0v) is 10.2. The summed E-state index contributed by atoms with van der Waals surface area (Å²) in [5.74, 6) is -0.759. The van der Waals surface area contributed by atoms with Crippen LogP contribution in [-0.4, -0.2) is 86.0 Å². The Morgan fingerprint density at radius 2 is 1.71 bits per heavy atom. The van der Waals surface area contributed by atoms with Gasteiger partial charge in [0.05, 0.1) is 13.2 Å². The van der Waals surface area contributed by atoms with E-state index in [9.17, 15) is 9.59 Å². The van der Waals surface area contributed by atoms with Gasteiger partial charge in [0.2, 0.25) is 0 Å². The normalized spacial score (nSPS) is 23.4. The van der Waals surface area contributed by atoms with Gasteiger partial charge in [0.1, 0.15) is 0 Å². The van der Waals surface area contributed by atoms with E-state index in [1.807, 2.05) is 0 Å². The highest BCUT2D eigenvalue weighted by Gasteiger charge is 2.30. The number of rotatable bonds is 3. The van der Waals surface area contributed by atoms with Crippen molar-refractivity contribution in [3.8, 4) is 0 Å². The van der Waals surface area contributed by atoms with Gasteiger partial charge in [-0.15, -0.1) is 0 Å². The van der Waals surface area contributed by atoms with E-state index in [2.05, 4.69) is 4.90 Å². The number of amides is 2. The molecule has 0 atom stereocenters. The summed E-state index contributed by atoms with van der Waals surface area (Å²) in [5, 5.41) is 0. The number of nitrogens with zero attached hydrogens (tertiary/aromatic N) is 3. The first-order valence-electron chi connectivity index (χ1n) is 6.03. The third-order valence-electron chi connectivity index (χ3n) is 3.31. The first-order valence-corrected chi connectivity index (χ1v) is 6.03. The van der Waals surface area contributed by atoms with Crippen molar-refractivity contribution in [3.05, 3.63) is 0 Å². The van der Waals surface area contributed by atoms with Gasteiger partial charge in [0.25, 0.3) is 0 Å². The van der Waals surface area contributed by atoms with Crippen molar-refractivity contribution >= 4 is 11.8 Å². The van der Waals surface area contributed by atoms with Crippen molar-refractivity contribution in [2.45, 2.75) is 0 Å². The van der Waals surface area contributed by atoms with Crippen molar-refractivity contribution in [2.24, 2.45) is 0 Å². The van der Waals surface area contributed by atoms with Gasteiger partial charge < -0.3 is 14.5 Å². The molecule has 17 heavy (non-hydrogen) atoms. The maximum absolute atomic E-state index is 11.7. The molecule has 0 aromatic carbocycles. The van der Waals surface area contributed by atoms with E-state index in [4.69, 9.17) is 4.74 Å². The predicted octanol–water partition coefficient (Wildman–Crippen LogP) is -1.38. The summed E-state index contributed by atoms with van der Waals surface area (Å²) in [6.07, 6.45) is 0. The Hall–Kier alpha value is -1.14. The van der Waals surface area contributed by atoms with Gasteiger partial charge in [-0.25, -0.2) is 0 Å². The number of carbonyl (C=O) groups is 2. The van der Waals surface area contributed by atoms with E-state index < -0.39 is 5.91 Å². The minimum absolute atomic E-state index is 0.369. The second-order valence-corrected chi connectivity index (χ2v) is 4.47. The highest BCUT2D eigenvalue weighted by molar-refractivity contribution is 6.35. The first-order chi connectivity index (χ1) is 8.18. The average Bonchev–Trinajstić information content (AvgIpc) is 2.36. The van der Waals surface area contributed by atoms with Crippen LogP contribution in [0.2, 0.25) is 0 Å². The fourth-order valence-electron chi connectivity index (χ4n) is 2.07. The lowest BCUT2D eigenvalue weighted by Crippen LogP contribution is -2.54. The molecule has 0 unspecified atom stereocenters. The van der Waals surface area contributed by atoms with Crippen LogP contribution in [0.25, 0.3) is 0 Å². The summed E-state index contributed by atoms with van der Waals surface area (Å²) in [6.45, 7) is 6.08. The summed E-state index contributed by atoms with van der Waals surface area (Å²) in [4.78, 5) is 28.6. The van der Waals surface area contributed by atoms with Gasteiger partial charge in [-0.3, -0.25) is 14.5 Å². The number of carbonyl (C=O) groups excluding carboxylic acids is 2. The SMILES string of the molecule is CN1CCN(CCN2CCOCC2)C(=O)C1=O. The zero-order chi connectivity index (χ0) is 12.3. The molecule has 2 rings (SSSR count). The first kappa shape index (κ1) is 12.3. The Balaban J connectivity index is 1.78. The van der Waals surface area contributed by atoms with Crippen LogP contribution in [0.5, 0.6) is 0 Å². The van der Waals surface area contributed by atoms with Gasteiger partial charge in [0.15, 0.2) is 0 Å². The molecule has 0 radical (unpaired) electrons.